The minimum absolute atomic E-state index is 0.157. The van der Waals surface area contributed by atoms with Gasteiger partial charge in [0, 0.05) is 6.54 Å². The number of fused-ring (bicyclic) bond motifs is 1. The number of aromatic nitrogens is 3. The lowest BCUT2D eigenvalue weighted by Crippen LogP contribution is -2.35. The maximum atomic E-state index is 14.2. The highest BCUT2D eigenvalue weighted by molar-refractivity contribution is 5.94. The van der Waals surface area contributed by atoms with E-state index in [0.29, 0.717) is 6.54 Å². The second-order valence-electron chi connectivity index (χ2n) is 7.73. The van der Waals surface area contributed by atoms with Crippen molar-refractivity contribution in [1.82, 2.24) is 19.5 Å². The largest absolute Gasteiger partial charge is 0.332 e. The molecular weight excluding hydrogens is 374 g/mol. The Hall–Kier alpha value is -2.83. The first-order chi connectivity index (χ1) is 13.8. The molecule has 0 N–H and O–H groups in total. The van der Waals surface area contributed by atoms with Gasteiger partial charge in [0.15, 0.2) is 0 Å². The number of hydrogen-bond acceptors (Lipinski definition) is 3. The van der Waals surface area contributed by atoms with Gasteiger partial charge in [0.05, 0.1) is 29.0 Å². The summed E-state index contributed by atoms with van der Waals surface area (Å²) < 4.78 is 29.6. The van der Waals surface area contributed by atoms with E-state index in [1.54, 1.807) is 15.7 Å². The van der Waals surface area contributed by atoms with E-state index in [-0.39, 0.29) is 18.0 Å². The molecule has 0 aliphatic rings. The predicted molar refractivity (Wildman–Crippen MR) is 108 cm³/mol. The van der Waals surface area contributed by atoms with Gasteiger partial charge in [0.25, 0.3) is 5.91 Å². The molecule has 0 saturated heterocycles. The zero-order valence-corrected chi connectivity index (χ0v) is 17.2. The molecule has 0 aliphatic heterocycles. The first-order valence-corrected chi connectivity index (χ1v) is 9.87. The van der Waals surface area contributed by atoms with Crippen LogP contribution in [0.3, 0.4) is 0 Å². The van der Waals surface area contributed by atoms with E-state index in [1.807, 2.05) is 20.8 Å². The third-order valence-corrected chi connectivity index (χ3v) is 4.78. The summed E-state index contributed by atoms with van der Waals surface area (Å²) >= 11 is 0. The molecule has 2 heterocycles. The van der Waals surface area contributed by atoms with Gasteiger partial charge in [-0.2, -0.15) is 5.10 Å². The third kappa shape index (κ3) is 4.60. The van der Waals surface area contributed by atoms with E-state index in [2.05, 4.69) is 23.1 Å². The highest BCUT2D eigenvalue weighted by Crippen LogP contribution is 2.20. The normalized spacial score (nSPS) is 11.4. The molecule has 1 amide bonds. The molecule has 3 aromatic rings. The first kappa shape index (κ1) is 20.9. The van der Waals surface area contributed by atoms with Crippen LogP contribution < -0.4 is 0 Å². The number of benzene rings is 1. The first-order valence-electron chi connectivity index (χ1n) is 9.87. The van der Waals surface area contributed by atoms with Crippen molar-refractivity contribution in [3.8, 4) is 0 Å². The Balaban J connectivity index is 2.01. The Morgan fingerprint density at radius 3 is 2.69 bits per heavy atom. The average Bonchev–Trinajstić information content (AvgIpc) is 3.02. The fourth-order valence-corrected chi connectivity index (χ4v) is 3.42. The minimum atomic E-state index is -0.729. The zero-order valence-electron chi connectivity index (χ0n) is 17.2. The summed E-state index contributed by atoms with van der Waals surface area (Å²) in [5.74, 6) is -1.75. The third-order valence-electron chi connectivity index (χ3n) is 4.78. The number of aryl methyl sites for hydroxylation is 2. The summed E-state index contributed by atoms with van der Waals surface area (Å²) in [6.07, 6.45) is 3.38. The Morgan fingerprint density at radius 1 is 1.24 bits per heavy atom. The maximum absolute atomic E-state index is 14.2. The summed E-state index contributed by atoms with van der Waals surface area (Å²) in [5, 5.41) is 4.67. The van der Waals surface area contributed by atoms with Crippen LogP contribution in [0.1, 0.15) is 54.5 Å². The maximum Gasteiger partial charge on any atom is 0.257 e. The average molecular weight is 400 g/mol. The number of imidazole rings is 1. The zero-order chi connectivity index (χ0) is 21.1. The van der Waals surface area contributed by atoms with Crippen molar-refractivity contribution in [2.75, 3.05) is 6.54 Å². The molecule has 0 spiro atoms. The van der Waals surface area contributed by atoms with Crippen molar-refractivity contribution in [3.05, 3.63) is 64.7 Å². The Kier molecular flexibility index (Phi) is 6.25. The van der Waals surface area contributed by atoms with Crippen LogP contribution in [0.5, 0.6) is 0 Å². The van der Waals surface area contributed by atoms with E-state index < -0.39 is 17.5 Å². The second-order valence-corrected chi connectivity index (χ2v) is 7.73. The van der Waals surface area contributed by atoms with Crippen molar-refractivity contribution >= 4 is 11.4 Å². The molecule has 0 atom stereocenters. The molecular formula is C22H26F2N4O. The fraction of sp³-hybridized carbons (Fsp3) is 0.409. The quantitative estimate of drug-likeness (QED) is 0.584. The van der Waals surface area contributed by atoms with Gasteiger partial charge >= 0.3 is 0 Å². The van der Waals surface area contributed by atoms with Gasteiger partial charge in [0.2, 0.25) is 0 Å². The second kappa shape index (κ2) is 8.68. The number of carbonyl (C=O) groups excluding carboxylic acids is 1. The van der Waals surface area contributed by atoms with E-state index in [0.717, 1.165) is 53.5 Å². The molecule has 0 saturated carbocycles. The molecule has 0 aliphatic carbocycles. The van der Waals surface area contributed by atoms with E-state index in [9.17, 15) is 13.6 Å². The number of nitrogens with zero attached hydrogens (tertiary/aromatic N) is 4. The van der Waals surface area contributed by atoms with Crippen molar-refractivity contribution in [2.24, 2.45) is 5.92 Å². The van der Waals surface area contributed by atoms with Gasteiger partial charge in [-0.3, -0.25) is 4.79 Å². The number of hydrogen-bond donors (Lipinski definition) is 0. The van der Waals surface area contributed by atoms with Crippen molar-refractivity contribution in [2.45, 2.75) is 47.1 Å². The molecule has 0 bridgehead atoms. The van der Waals surface area contributed by atoms with Crippen molar-refractivity contribution < 1.29 is 13.6 Å². The van der Waals surface area contributed by atoms with Gasteiger partial charge < -0.3 is 4.90 Å². The van der Waals surface area contributed by atoms with Crippen LogP contribution in [0.2, 0.25) is 0 Å². The number of carbonyl (C=O) groups is 1. The summed E-state index contributed by atoms with van der Waals surface area (Å²) in [4.78, 5) is 18.9. The van der Waals surface area contributed by atoms with E-state index in [1.165, 1.54) is 0 Å². The van der Waals surface area contributed by atoms with Crippen LogP contribution in [0.4, 0.5) is 8.78 Å². The van der Waals surface area contributed by atoms with Gasteiger partial charge in [-0.1, -0.05) is 27.2 Å². The number of rotatable bonds is 7. The highest BCUT2D eigenvalue weighted by Gasteiger charge is 2.23. The van der Waals surface area contributed by atoms with Crippen LogP contribution in [-0.4, -0.2) is 31.9 Å². The van der Waals surface area contributed by atoms with Gasteiger partial charge in [-0.15, -0.1) is 0 Å². The minimum Gasteiger partial charge on any atom is -0.332 e. The summed E-state index contributed by atoms with van der Waals surface area (Å²) in [5.41, 5.74) is 3.32. The molecule has 2 aromatic heterocycles. The van der Waals surface area contributed by atoms with Crippen LogP contribution in [0, 0.1) is 24.5 Å². The summed E-state index contributed by atoms with van der Waals surface area (Å²) in [7, 11) is 0. The molecule has 0 fully saturated rings. The Labute approximate surface area is 169 Å². The van der Waals surface area contributed by atoms with Crippen molar-refractivity contribution in [3.63, 3.8) is 0 Å². The highest BCUT2D eigenvalue weighted by atomic mass is 19.1. The molecule has 0 unspecified atom stereocenters. The van der Waals surface area contributed by atoms with Gasteiger partial charge in [-0.05, 0) is 49.1 Å². The summed E-state index contributed by atoms with van der Waals surface area (Å²) in [6, 6.07) is 5.00. The standard InChI is InChI=1S/C22H26F2N4O/c1-5-6-16-9-21-15(4)25-13-28(21)26-20(16)12-27(11-14(2)3)22(29)18-10-17(23)7-8-19(18)24/h7-10,13-14H,5-6,11-12H2,1-4H3. The van der Waals surface area contributed by atoms with Crippen LogP contribution >= 0.6 is 0 Å². The van der Waals surface area contributed by atoms with Gasteiger partial charge in [-0.25, -0.2) is 18.3 Å². The molecule has 7 heteroatoms. The molecule has 29 heavy (non-hydrogen) atoms. The fourth-order valence-electron chi connectivity index (χ4n) is 3.42. The smallest absolute Gasteiger partial charge is 0.257 e. The van der Waals surface area contributed by atoms with Crippen LogP contribution in [0.15, 0.2) is 30.6 Å². The van der Waals surface area contributed by atoms with Gasteiger partial charge in [0.1, 0.15) is 18.0 Å². The van der Waals surface area contributed by atoms with Crippen molar-refractivity contribution in [1.29, 1.82) is 0 Å². The number of halogens is 2. The number of amides is 1. The lowest BCUT2D eigenvalue weighted by molar-refractivity contribution is 0.0714. The van der Waals surface area contributed by atoms with E-state index in [4.69, 9.17) is 0 Å². The molecule has 0 radical (unpaired) electrons. The Morgan fingerprint density at radius 2 is 2.00 bits per heavy atom. The Bertz CT molecular complexity index is 1030. The molecule has 1 aromatic carbocycles. The molecule has 3 rings (SSSR count). The lowest BCUT2D eigenvalue weighted by atomic mass is 10.1. The lowest BCUT2D eigenvalue weighted by Gasteiger charge is -2.25. The molecule has 154 valence electrons. The monoisotopic (exact) mass is 400 g/mol. The van der Waals surface area contributed by atoms with Crippen LogP contribution in [-0.2, 0) is 13.0 Å². The summed E-state index contributed by atoms with van der Waals surface area (Å²) in [6.45, 7) is 8.58. The molecule has 5 nitrogen and oxygen atoms in total. The predicted octanol–water partition coefficient (Wildman–Crippen LogP) is 4.57. The topological polar surface area (TPSA) is 50.5 Å². The SMILES string of the molecule is CCCc1cc2c(C)ncn2nc1CN(CC(C)C)C(=O)c1cc(F)ccc1F. The van der Waals surface area contributed by atoms with Crippen LogP contribution in [0.25, 0.3) is 5.52 Å². The van der Waals surface area contributed by atoms with E-state index >= 15 is 0 Å².